The first-order valence-electron chi connectivity index (χ1n) is 7.33. The van der Waals surface area contributed by atoms with Crippen LogP contribution in [0.3, 0.4) is 0 Å². The van der Waals surface area contributed by atoms with Crippen LogP contribution >= 0.6 is 11.3 Å². The molecule has 1 N–H and O–H groups in total. The molecule has 0 atom stereocenters. The van der Waals surface area contributed by atoms with Crippen molar-refractivity contribution in [3.05, 3.63) is 41.8 Å². The molecule has 1 heterocycles. The van der Waals surface area contributed by atoms with Crippen LogP contribution in [0.15, 0.2) is 41.8 Å². The SMILES string of the molecule is c1csc(-c2ccccc2NC2CCCCCC2)c1. The first kappa shape index (κ1) is 12.7. The zero-order valence-corrected chi connectivity index (χ0v) is 12.1. The van der Waals surface area contributed by atoms with E-state index in [9.17, 15) is 0 Å². The number of thiophene rings is 1. The molecule has 1 aromatic carbocycles. The summed E-state index contributed by atoms with van der Waals surface area (Å²) in [6, 6.07) is 13.7. The smallest absolute Gasteiger partial charge is 0.0430 e. The van der Waals surface area contributed by atoms with Crippen molar-refractivity contribution in [1.82, 2.24) is 0 Å². The quantitative estimate of drug-likeness (QED) is 0.722. The van der Waals surface area contributed by atoms with Crippen LogP contribution < -0.4 is 5.32 Å². The first-order valence-corrected chi connectivity index (χ1v) is 8.21. The van der Waals surface area contributed by atoms with Crippen molar-refractivity contribution in [1.29, 1.82) is 0 Å². The van der Waals surface area contributed by atoms with Crippen molar-refractivity contribution in [3.63, 3.8) is 0 Å². The monoisotopic (exact) mass is 271 g/mol. The number of para-hydroxylation sites is 1. The third kappa shape index (κ3) is 3.19. The van der Waals surface area contributed by atoms with Gasteiger partial charge in [0, 0.05) is 22.2 Å². The second-order valence-electron chi connectivity index (χ2n) is 5.36. The molecule has 0 unspecified atom stereocenters. The van der Waals surface area contributed by atoms with Crippen molar-refractivity contribution in [2.24, 2.45) is 0 Å². The molecule has 0 spiro atoms. The van der Waals surface area contributed by atoms with Gasteiger partial charge in [-0.1, -0.05) is 49.9 Å². The van der Waals surface area contributed by atoms with E-state index in [0.29, 0.717) is 6.04 Å². The molecule has 2 heteroatoms. The summed E-state index contributed by atoms with van der Waals surface area (Å²) in [4.78, 5) is 1.36. The summed E-state index contributed by atoms with van der Waals surface area (Å²) in [5, 5.41) is 5.93. The van der Waals surface area contributed by atoms with Gasteiger partial charge in [0.05, 0.1) is 0 Å². The van der Waals surface area contributed by atoms with Gasteiger partial charge in [-0.05, 0) is 30.4 Å². The minimum Gasteiger partial charge on any atom is -0.382 e. The van der Waals surface area contributed by atoms with E-state index in [1.54, 1.807) is 0 Å². The predicted octanol–water partition coefficient (Wildman–Crippen LogP) is 5.55. The highest BCUT2D eigenvalue weighted by molar-refractivity contribution is 7.13. The largest absolute Gasteiger partial charge is 0.382 e. The lowest BCUT2D eigenvalue weighted by atomic mass is 10.1. The van der Waals surface area contributed by atoms with Crippen LogP contribution in [0.1, 0.15) is 38.5 Å². The van der Waals surface area contributed by atoms with E-state index in [2.05, 4.69) is 47.1 Å². The van der Waals surface area contributed by atoms with Gasteiger partial charge in [-0.25, -0.2) is 0 Å². The molecule has 19 heavy (non-hydrogen) atoms. The van der Waals surface area contributed by atoms with Gasteiger partial charge in [0.25, 0.3) is 0 Å². The number of nitrogens with one attached hydrogen (secondary N) is 1. The van der Waals surface area contributed by atoms with E-state index in [-0.39, 0.29) is 0 Å². The summed E-state index contributed by atoms with van der Waals surface area (Å²) in [5.74, 6) is 0. The molecule has 100 valence electrons. The van der Waals surface area contributed by atoms with Crippen LogP contribution in [0, 0.1) is 0 Å². The molecule has 0 saturated heterocycles. The highest BCUT2D eigenvalue weighted by Gasteiger charge is 2.14. The van der Waals surface area contributed by atoms with Crippen molar-refractivity contribution >= 4 is 17.0 Å². The Morgan fingerprint density at radius 1 is 0.895 bits per heavy atom. The van der Waals surface area contributed by atoms with Gasteiger partial charge in [-0.3, -0.25) is 0 Å². The molecule has 2 aromatic rings. The van der Waals surface area contributed by atoms with Gasteiger partial charge in [0.1, 0.15) is 0 Å². The summed E-state index contributed by atoms with van der Waals surface area (Å²) in [6.07, 6.45) is 8.20. The average Bonchev–Trinajstić information content (AvgIpc) is 2.85. The van der Waals surface area contributed by atoms with Crippen molar-refractivity contribution < 1.29 is 0 Å². The molecule has 0 aliphatic heterocycles. The van der Waals surface area contributed by atoms with E-state index in [0.717, 1.165) is 0 Å². The van der Waals surface area contributed by atoms with Gasteiger partial charge >= 0.3 is 0 Å². The molecule has 3 rings (SSSR count). The highest BCUT2D eigenvalue weighted by atomic mass is 32.1. The number of rotatable bonds is 3. The molecule has 1 aliphatic carbocycles. The van der Waals surface area contributed by atoms with Crippen LogP contribution in [-0.2, 0) is 0 Å². The van der Waals surface area contributed by atoms with E-state index < -0.39 is 0 Å². The van der Waals surface area contributed by atoms with Gasteiger partial charge in [-0.15, -0.1) is 11.3 Å². The Kier molecular flexibility index (Phi) is 4.19. The molecule has 1 fully saturated rings. The second-order valence-corrected chi connectivity index (χ2v) is 6.30. The Hall–Kier alpha value is -1.28. The van der Waals surface area contributed by atoms with Crippen LogP contribution in [0.2, 0.25) is 0 Å². The molecule has 1 aromatic heterocycles. The number of hydrogen-bond acceptors (Lipinski definition) is 2. The Morgan fingerprint density at radius 3 is 2.42 bits per heavy atom. The standard InChI is InChI=1S/C17H21NS/c1-2-4-9-14(8-3-1)18-16-11-6-5-10-15(16)17-12-7-13-19-17/h5-7,10-14,18H,1-4,8-9H2. The summed E-state index contributed by atoms with van der Waals surface area (Å²) in [6.45, 7) is 0. The lowest BCUT2D eigenvalue weighted by Gasteiger charge is -2.19. The predicted molar refractivity (Wildman–Crippen MR) is 84.9 cm³/mol. The van der Waals surface area contributed by atoms with Crippen molar-refractivity contribution in [3.8, 4) is 10.4 Å². The fraction of sp³-hybridized carbons (Fsp3) is 0.412. The zero-order chi connectivity index (χ0) is 12.9. The minimum atomic E-state index is 0.656. The lowest BCUT2D eigenvalue weighted by Crippen LogP contribution is -2.18. The van der Waals surface area contributed by atoms with Gasteiger partial charge in [0.15, 0.2) is 0 Å². The average molecular weight is 271 g/mol. The second kappa shape index (κ2) is 6.25. The Labute approximate surface area is 119 Å². The first-order chi connectivity index (χ1) is 9.43. The van der Waals surface area contributed by atoms with Crippen LogP contribution in [-0.4, -0.2) is 6.04 Å². The third-order valence-corrected chi connectivity index (χ3v) is 4.83. The normalized spacial score (nSPS) is 17.1. The van der Waals surface area contributed by atoms with Crippen LogP contribution in [0.25, 0.3) is 10.4 Å². The maximum absolute atomic E-state index is 3.78. The van der Waals surface area contributed by atoms with Gasteiger partial charge in [0.2, 0.25) is 0 Å². The van der Waals surface area contributed by atoms with E-state index in [4.69, 9.17) is 0 Å². The molecule has 0 amide bonds. The molecule has 1 aliphatic rings. The van der Waals surface area contributed by atoms with Gasteiger partial charge < -0.3 is 5.32 Å². The number of benzene rings is 1. The molecule has 0 radical (unpaired) electrons. The number of hydrogen-bond donors (Lipinski definition) is 1. The fourth-order valence-corrected chi connectivity index (χ4v) is 3.67. The topological polar surface area (TPSA) is 12.0 Å². The highest BCUT2D eigenvalue weighted by Crippen LogP contribution is 2.32. The summed E-state index contributed by atoms with van der Waals surface area (Å²) in [5.41, 5.74) is 2.65. The molecule has 0 bridgehead atoms. The Morgan fingerprint density at radius 2 is 1.68 bits per heavy atom. The molecule has 1 saturated carbocycles. The molecular weight excluding hydrogens is 250 g/mol. The maximum atomic E-state index is 3.78. The van der Waals surface area contributed by atoms with E-state index >= 15 is 0 Å². The molecule has 1 nitrogen and oxygen atoms in total. The zero-order valence-electron chi connectivity index (χ0n) is 11.3. The maximum Gasteiger partial charge on any atom is 0.0430 e. The van der Waals surface area contributed by atoms with Crippen LogP contribution in [0.4, 0.5) is 5.69 Å². The summed E-state index contributed by atoms with van der Waals surface area (Å²) < 4.78 is 0. The van der Waals surface area contributed by atoms with Crippen LogP contribution in [0.5, 0.6) is 0 Å². The van der Waals surface area contributed by atoms with Gasteiger partial charge in [-0.2, -0.15) is 0 Å². The summed E-state index contributed by atoms with van der Waals surface area (Å²) >= 11 is 1.82. The number of anilines is 1. The van der Waals surface area contributed by atoms with E-state index in [1.807, 2.05) is 11.3 Å². The molecular formula is C17H21NS. The lowest BCUT2D eigenvalue weighted by molar-refractivity contribution is 0.620. The van der Waals surface area contributed by atoms with Crippen molar-refractivity contribution in [2.75, 3.05) is 5.32 Å². The van der Waals surface area contributed by atoms with E-state index in [1.165, 1.54) is 54.7 Å². The summed E-state index contributed by atoms with van der Waals surface area (Å²) in [7, 11) is 0. The Balaban J connectivity index is 1.80. The Bertz CT molecular complexity index is 496. The third-order valence-electron chi connectivity index (χ3n) is 3.93. The fourth-order valence-electron chi connectivity index (χ4n) is 2.90. The van der Waals surface area contributed by atoms with Crippen molar-refractivity contribution in [2.45, 2.75) is 44.6 Å². The minimum absolute atomic E-state index is 0.656.